The summed E-state index contributed by atoms with van der Waals surface area (Å²) >= 11 is 0. The largest absolute Gasteiger partial charge is 0.493 e. The van der Waals surface area contributed by atoms with E-state index in [0.29, 0.717) is 12.6 Å². The summed E-state index contributed by atoms with van der Waals surface area (Å²) in [5.74, 6) is 0.943. The predicted molar refractivity (Wildman–Crippen MR) is 88.7 cm³/mol. The minimum Gasteiger partial charge on any atom is -0.493 e. The van der Waals surface area contributed by atoms with E-state index < -0.39 is 0 Å². The fourth-order valence-electron chi connectivity index (χ4n) is 2.07. The van der Waals surface area contributed by atoms with Crippen LogP contribution >= 0.6 is 0 Å². The van der Waals surface area contributed by atoms with Gasteiger partial charge in [-0.05, 0) is 36.6 Å². The van der Waals surface area contributed by atoms with Crippen molar-refractivity contribution in [3.05, 3.63) is 65.7 Å². The highest BCUT2D eigenvalue weighted by Gasteiger charge is 1.99. The molecule has 0 spiro atoms. The van der Waals surface area contributed by atoms with E-state index in [2.05, 4.69) is 67.7 Å². The third-order valence-electron chi connectivity index (χ3n) is 3.69. The molecule has 2 nitrogen and oxygen atoms in total. The van der Waals surface area contributed by atoms with Gasteiger partial charge in [-0.15, -0.1) is 0 Å². The second kappa shape index (κ2) is 8.48. The van der Waals surface area contributed by atoms with Crippen molar-refractivity contribution in [2.24, 2.45) is 0 Å². The van der Waals surface area contributed by atoms with Crippen LogP contribution in [0, 0.1) is 0 Å². The third-order valence-corrected chi connectivity index (χ3v) is 3.69. The van der Waals surface area contributed by atoms with Gasteiger partial charge in [0.05, 0.1) is 6.61 Å². The molecule has 0 aliphatic rings. The van der Waals surface area contributed by atoms with Gasteiger partial charge in [0.15, 0.2) is 0 Å². The van der Waals surface area contributed by atoms with Crippen molar-refractivity contribution in [3.8, 4) is 5.75 Å². The SMILES string of the molecule is CCC(C)NCc1ccc(OCCc2ccccc2)cc1. The van der Waals surface area contributed by atoms with Crippen molar-refractivity contribution in [2.45, 2.75) is 39.3 Å². The van der Waals surface area contributed by atoms with Gasteiger partial charge in [0.25, 0.3) is 0 Å². The first-order valence-corrected chi connectivity index (χ1v) is 7.77. The second-order valence-corrected chi connectivity index (χ2v) is 5.42. The Balaban J connectivity index is 1.74. The molecule has 1 atom stereocenters. The molecule has 0 bridgehead atoms. The standard InChI is InChI=1S/C19H25NO/c1-3-16(2)20-15-18-9-11-19(12-10-18)21-14-13-17-7-5-4-6-8-17/h4-12,16,20H,3,13-15H2,1-2H3. The van der Waals surface area contributed by atoms with Crippen LogP contribution in [0.4, 0.5) is 0 Å². The highest BCUT2D eigenvalue weighted by atomic mass is 16.5. The van der Waals surface area contributed by atoms with Gasteiger partial charge < -0.3 is 10.1 Å². The molecule has 0 fully saturated rings. The van der Waals surface area contributed by atoms with Crippen LogP contribution in [0.25, 0.3) is 0 Å². The van der Waals surface area contributed by atoms with Crippen molar-refractivity contribution < 1.29 is 4.74 Å². The molecule has 0 saturated heterocycles. The number of ether oxygens (including phenoxy) is 1. The number of hydrogen-bond donors (Lipinski definition) is 1. The molecule has 0 radical (unpaired) electrons. The summed E-state index contributed by atoms with van der Waals surface area (Å²) in [6.45, 7) is 6.04. The van der Waals surface area contributed by atoms with E-state index >= 15 is 0 Å². The highest BCUT2D eigenvalue weighted by Crippen LogP contribution is 2.13. The molecular weight excluding hydrogens is 258 g/mol. The average molecular weight is 283 g/mol. The maximum Gasteiger partial charge on any atom is 0.119 e. The zero-order valence-electron chi connectivity index (χ0n) is 13.0. The first kappa shape index (κ1) is 15.6. The summed E-state index contributed by atoms with van der Waals surface area (Å²) in [6, 6.07) is 19.4. The Kier molecular flexibility index (Phi) is 6.29. The van der Waals surface area contributed by atoms with E-state index in [1.807, 2.05) is 6.07 Å². The van der Waals surface area contributed by atoms with Crippen LogP contribution in [0.2, 0.25) is 0 Å². The highest BCUT2D eigenvalue weighted by molar-refractivity contribution is 5.27. The summed E-state index contributed by atoms with van der Waals surface area (Å²) in [5.41, 5.74) is 2.61. The van der Waals surface area contributed by atoms with Gasteiger partial charge in [-0.3, -0.25) is 0 Å². The van der Waals surface area contributed by atoms with Crippen molar-refractivity contribution in [1.82, 2.24) is 5.32 Å². The third kappa shape index (κ3) is 5.60. The molecule has 2 rings (SSSR count). The van der Waals surface area contributed by atoms with Gasteiger partial charge in [-0.25, -0.2) is 0 Å². The Morgan fingerprint density at radius 1 is 0.952 bits per heavy atom. The average Bonchev–Trinajstić information content (AvgIpc) is 2.55. The van der Waals surface area contributed by atoms with E-state index in [1.165, 1.54) is 11.1 Å². The molecule has 2 aromatic rings. The molecule has 0 aliphatic carbocycles. The lowest BCUT2D eigenvalue weighted by Gasteiger charge is -2.12. The van der Waals surface area contributed by atoms with Gasteiger partial charge in [-0.1, -0.05) is 49.4 Å². The Bertz CT molecular complexity index is 507. The van der Waals surface area contributed by atoms with E-state index in [9.17, 15) is 0 Å². The molecule has 21 heavy (non-hydrogen) atoms. The van der Waals surface area contributed by atoms with Crippen molar-refractivity contribution in [3.63, 3.8) is 0 Å². The molecule has 0 aliphatic heterocycles. The fraction of sp³-hybridized carbons (Fsp3) is 0.368. The molecule has 1 unspecified atom stereocenters. The first-order valence-electron chi connectivity index (χ1n) is 7.77. The minimum atomic E-state index is 0.562. The van der Waals surface area contributed by atoms with E-state index in [0.717, 1.165) is 25.1 Å². The summed E-state index contributed by atoms with van der Waals surface area (Å²) in [6.07, 6.45) is 2.10. The summed E-state index contributed by atoms with van der Waals surface area (Å²) in [4.78, 5) is 0. The Hall–Kier alpha value is -1.80. The Morgan fingerprint density at radius 3 is 2.33 bits per heavy atom. The van der Waals surface area contributed by atoms with E-state index in [4.69, 9.17) is 4.74 Å². The van der Waals surface area contributed by atoms with Crippen molar-refractivity contribution in [1.29, 1.82) is 0 Å². The topological polar surface area (TPSA) is 21.3 Å². The first-order chi connectivity index (χ1) is 10.3. The zero-order chi connectivity index (χ0) is 14.9. The van der Waals surface area contributed by atoms with Gasteiger partial charge in [0.1, 0.15) is 5.75 Å². The maximum atomic E-state index is 5.79. The van der Waals surface area contributed by atoms with Gasteiger partial charge >= 0.3 is 0 Å². The van der Waals surface area contributed by atoms with E-state index in [1.54, 1.807) is 0 Å². The minimum absolute atomic E-state index is 0.562. The quantitative estimate of drug-likeness (QED) is 0.784. The van der Waals surface area contributed by atoms with Crippen LogP contribution in [-0.4, -0.2) is 12.6 Å². The molecule has 0 saturated carbocycles. The Labute approximate surface area is 128 Å². The van der Waals surface area contributed by atoms with Crippen LogP contribution < -0.4 is 10.1 Å². The lowest BCUT2D eigenvalue weighted by molar-refractivity contribution is 0.322. The normalized spacial score (nSPS) is 12.1. The number of hydrogen-bond acceptors (Lipinski definition) is 2. The lowest BCUT2D eigenvalue weighted by Crippen LogP contribution is -2.24. The molecule has 0 aromatic heterocycles. The van der Waals surface area contributed by atoms with Crippen LogP contribution in [0.1, 0.15) is 31.4 Å². The van der Waals surface area contributed by atoms with Crippen LogP contribution in [0.15, 0.2) is 54.6 Å². The molecule has 2 heteroatoms. The molecule has 0 heterocycles. The van der Waals surface area contributed by atoms with E-state index in [-0.39, 0.29) is 0 Å². The Morgan fingerprint density at radius 2 is 1.67 bits per heavy atom. The summed E-state index contributed by atoms with van der Waals surface area (Å²) in [7, 11) is 0. The fourth-order valence-corrected chi connectivity index (χ4v) is 2.07. The number of benzene rings is 2. The second-order valence-electron chi connectivity index (χ2n) is 5.42. The molecular formula is C19H25NO. The maximum absolute atomic E-state index is 5.79. The lowest BCUT2D eigenvalue weighted by atomic mass is 10.2. The molecule has 2 aromatic carbocycles. The van der Waals surface area contributed by atoms with Gasteiger partial charge in [0.2, 0.25) is 0 Å². The molecule has 1 N–H and O–H groups in total. The van der Waals surface area contributed by atoms with Crippen LogP contribution in [0.5, 0.6) is 5.75 Å². The molecule has 112 valence electrons. The van der Waals surface area contributed by atoms with Gasteiger partial charge in [-0.2, -0.15) is 0 Å². The number of nitrogens with one attached hydrogen (secondary N) is 1. The van der Waals surface area contributed by atoms with Crippen molar-refractivity contribution >= 4 is 0 Å². The number of rotatable bonds is 8. The monoisotopic (exact) mass is 283 g/mol. The molecule has 0 amide bonds. The summed E-state index contributed by atoms with van der Waals surface area (Å²) in [5, 5.41) is 3.49. The smallest absolute Gasteiger partial charge is 0.119 e. The van der Waals surface area contributed by atoms with Crippen LogP contribution in [-0.2, 0) is 13.0 Å². The van der Waals surface area contributed by atoms with Crippen LogP contribution in [0.3, 0.4) is 0 Å². The van der Waals surface area contributed by atoms with Gasteiger partial charge in [0, 0.05) is 19.0 Å². The predicted octanol–water partition coefficient (Wildman–Crippen LogP) is 4.20. The van der Waals surface area contributed by atoms with Crippen molar-refractivity contribution in [2.75, 3.05) is 6.61 Å². The zero-order valence-corrected chi connectivity index (χ0v) is 13.0. The summed E-state index contributed by atoms with van der Waals surface area (Å²) < 4.78 is 5.79.